The van der Waals surface area contributed by atoms with Crippen LogP contribution < -0.4 is 0 Å². The number of aliphatic hydroxyl groups is 1. The molecule has 1 N–H and O–H groups in total. The Morgan fingerprint density at radius 2 is 2.00 bits per heavy atom. The SMILES string of the molecule is Cc1cc(C(=O)N2CC[C@@H](O)C2)c(C)n1-c1ccc(C#N)cc1. The predicted molar refractivity (Wildman–Crippen MR) is 86.5 cm³/mol. The summed E-state index contributed by atoms with van der Waals surface area (Å²) in [6.45, 7) is 4.88. The van der Waals surface area contributed by atoms with Crippen LogP contribution in [0.15, 0.2) is 30.3 Å². The van der Waals surface area contributed by atoms with Gasteiger partial charge in [-0.05, 0) is 50.6 Å². The molecule has 0 radical (unpaired) electrons. The number of nitriles is 1. The Hall–Kier alpha value is -2.58. The van der Waals surface area contributed by atoms with Gasteiger partial charge >= 0.3 is 0 Å². The molecule has 0 aliphatic carbocycles. The highest BCUT2D eigenvalue weighted by atomic mass is 16.3. The highest BCUT2D eigenvalue weighted by Gasteiger charge is 2.27. The smallest absolute Gasteiger partial charge is 0.255 e. The summed E-state index contributed by atoms with van der Waals surface area (Å²) in [5, 5.41) is 18.5. The highest BCUT2D eigenvalue weighted by Crippen LogP contribution is 2.23. The molecule has 0 saturated carbocycles. The second-order valence-electron chi connectivity index (χ2n) is 5.97. The van der Waals surface area contributed by atoms with Gasteiger partial charge in [-0.3, -0.25) is 4.79 Å². The van der Waals surface area contributed by atoms with Gasteiger partial charge in [-0.2, -0.15) is 5.26 Å². The first-order chi connectivity index (χ1) is 11.0. The third-order valence-corrected chi connectivity index (χ3v) is 4.37. The van der Waals surface area contributed by atoms with Crippen LogP contribution in [0.1, 0.15) is 33.7 Å². The molecule has 23 heavy (non-hydrogen) atoms. The molecule has 1 aromatic heterocycles. The number of hydrogen-bond donors (Lipinski definition) is 1. The van der Waals surface area contributed by atoms with Crippen LogP contribution in [0, 0.1) is 25.2 Å². The normalized spacial score (nSPS) is 17.3. The number of nitrogens with zero attached hydrogens (tertiary/aromatic N) is 3. The first-order valence-corrected chi connectivity index (χ1v) is 7.68. The summed E-state index contributed by atoms with van der Waals surface area (Å²) >= 11 is 0. The molecule has 2 heterocycles. The topological polar surface area (TPSA) is 69.3 Å². The largest absolute Gasteiger partial charge is 0.391 e. The minimum Gasteiger partial charge on any atom is -0.391 e. The maximum absolute atomic E-state index is 12.7. The number of benzene rings is 1. The van der Waals surface area contributed by atoms with E-state index in [2.05, 4.69) is 6.07 Å². The van der Waals surface area contributed by atoms with Gasteiger partial charge < -0.3 is 14.6 Å². The van der Waals surface area contributed by atoms with Crippen molar-refractivity contribution in [1.29, 1.82) is 5.26 Å². The number of likely N-dealkylation sites (tertiary alicyclic amines) is 1. The van der Waals surface area contributed by atoms with Gasteiger partial charge in [0, 0.05) is 30.2 Å². The lowest BCUT2D eigenvalue weighted by Gasteiger charge is -2.16. The number of rotatable bonds is 2. The highest BCUT2D eigenvalue weighted by molar-refractivity contribution is 5.96. The standard InChI is InChI=1S/C18H19N3O2/c1-12-9-17(18(23)20-8-7-16(22)11-20)13(2)21(12)15-5-3-14(10-19)4-6-15/h3-6,9,16,22H,7-8,11H2,1-2H3/t16-/m1/s1. The molecule has 1 saturated heterocycles. The maximum atomic E-state index is 12.7. The van der Waals surface area contributed by atoms with Crippen molar-refractivity contribution < 1.29 is 9.90 Å². The molecule has 1 aliphatic rings. The van der Waals surface area contributed by atoms with Crippen LogP contribution in [0.3, 0.4) is 0 Å². The number of β-amino-alcohol motifs (C(OH)–C–C–N with tert-alkyl or cyclic N) is 1. The van der Waals surface area contributed by atoms with Gasteiger partial charge in [-0.15, -0.1) is 0 Å². The number of hydrogen-bond acceptors (Lipinski definition) is 3. The minimum atomic E-state index is -0.416. The zero-order valence-electron chi connectivity index (χ0n) is 13.3. The van der Waals surface area contributed by atoms with Crippen molar-refractivity contribution in [3.05, 3.63) is 52.8 Å². The first kappa shape index (κ1) is 15.3. The molecule has 5 heteroatoms. The second kappa shape index (κ2) is 5.90. The van der Waals surface area contributed by atoms with E-state index in [1.165, 1.54) is 0 Å². The van der Waals surface area contributed by atoms with Crippen LogP contribution in [0.25, 0.3) is 5.69 Å². The fraction of sp³-hybridized carbons (Fsp3) is 0.333. The summed E-state index contributed by atoms with van der Waals surface area (Å²) in [5.74, 6) is -0.0328. The molecular weight excluding hydrogens is 290 g/mol. The van der Waals surface area contributed by atoms with Gasteiger partial charge in [0.1, 0.15) is 0 Å². The quantitative estimate of drug-likeness (QED) is 0.924. The number of amides is 1. The lowest BCUT2D eigenvalue weighted by atomic mass is 10.2. The molecule has 1 amide bonds. The van der Waals surface area contributed by atoms with Gasteiger partial charge in [-0.1, -0.05) is 0 Å². The van der Waals surface area contributed by atoms with E-state index < -0.39 is 6.10 Å². The monoisotopic (exact) mass is 309 g/mol. The van der Waals surface area contributed by atoms with Gasteiger partial charge in [0.05, 0.1) is 23.3 Å². The summed E-state index contributed by atoms with van der Waals surface area (Å²) in [4.78, 5) is 14.4. The van der Waals surface area contributed by atoms with Crippen LogP contribution in [-0.2, 0) is 0 Å². The van der Waals surface area contributed by atoms with E-state index >= 15 is 0 Å². The van der Waals surface area contributed by atoms with Crippen molar-refractivity contribution in [3.8, 4) is 11.8 Å². The number of aryl methyl sites for hydroxylation is 1. The summed E-state index contributed by atoms with van der Waals surface area (Å²) < 4.78 is 2.01. The molecule has 5 nitrogen and oxygen atoms in total. The molecule has 2 aromatic rings. The minimum absolute atomic E-state index is 0.0328. The second-order valence-corrected chi connectivity index (χ2v) is 5.97. The Bertz CT molecular complexity index is 784. The van der Waals surface area contributed by atoms with Crippen LogP contribution in [-0.4, -0.2) is 39.7 Å². The van der Waals surface area contributed by atoms with Gasteiger partial charge in [0.15, 0.2) is 0 Å². The first-order valence-electron chi connectivity index (χ1n) is 7.68. The number of aromatic nitrogens is 1. The van der Waals surface area contributed by atoms with Crippen LogP contribution >= 0.6 is 0 Å². The van der Waals surface area contributed by atoms with Gasteiger partial charge in [0.2, 0.25) is 0 Å². The van der Waals surface area contributed by atoms with E-state index in [1.807, 2.05) is 36.6 Å². The zero-order chi connectivity index (χ0) is 16.6. The Labute approximate surface area is 135 Å². The fourth-order valence-corrected chi connectivity index (χ4v) is 3.16. The van der Waals surface area contributed by atoms with Crippen molar-refractivity contribution in [3.63, 3.8) is 0 Å². The summed E-state index contributed by atoms with van der Waals surface area (Å²) in [6, 6.07) is 11.3. The Kier molecular flexibility index (Phi) is 3.93. The number of aliphatic hydroxyl groups excluding tert-OH is 1. The average molecular weight is 309 g/mol. The van der Waals surface area contributed by atoms with E-state index in [-0.39, 0.29) is 5.91 Å². The van der Waals surface area contributed by atoms with E-state index in [4.69, 9.17) is 5.26 Å². The van der Waals surface area contributed by atoms with Crippen molar-refractivity contribution in [2.24, 2.45) is 0 Å². The fourth-order valence-electron chi connectivity index (χ4n) is 3.16. The predicted octanol–water partition coefficient (Wildman–Crippen LogP) is 2.17. The third-order valence-electron chi connectivity index (χ3n) is 4.37. The Balaban J connectivity index is 1.96. The van der Waals surface area contributed by atoms with Crippen LogP contribution in [0.4, 0.5) is 0 Å². The molecule has 118 valence electrons. The molecule has 0 unspecified atom stereocenters. The molecule has 1 fully saturated rings. The van der Waals surface area contributed by atoms with Gasteiger partial charge in [-0.25, -0.2) is 0 Å². The van der Waals surface area contributed by atoms with Crippen LogP contribution in [0.5, 0.6) is 0 Å². The summed E-state index contributed by atoms with van der Waals surface area (Å²) in [6.07, 6.45) is 0.223. The van der Waals surface area contributed by atoms with Crippen molar-refractivity contribution in [2.75, 3.05) is 13.1 Å². The van der Waals surface area contributed by atoms with Crippen LogP contribution in [0.2, 0.25) is 0 Å². The Morgan fingerprint density at radius 1 is 1.30 bits per heavy atom. The van der Waals surface area contributed by atoms with Crippen molar-refractivity contribution >= 4 is 5.91 Å². The van der Waals surface area contributed by atoms with E-state index in [9.17, 15) is 9.90 Å². The van der Waals surface area contributed by atoms with E-state index in [0.717, 1.165) is 17.1 Å². The van der Waals surface area contributed by atoms with E-state index in [1.54, 1.807) is 17.0 Å². The lowest BCUT2D eigenvalue weighted by molar-refractivity contribution is 0.0764. The van der Waals surface area contributed by atoms with E-state index in [0.29, 0.717) is 30.6 Å². The summed E-state index contributed by atoms with van der Waals surface area (Å²) in [7, 11) is 0. The summed E-state index contributed by atoms with van der Waals surface area (Å²) in [5.41, 5.74) is 4.05. The number of carbonyl (C=O) groups excluding carboxylic acids is 1. The average Bonchev–Trinajstić information content (AvgIpc) is 3.10. The molecule has 1 aliphatic heterocycles. The molecular formula is C18H19N3O2. The molecule has 0 spiro atoms. The maximum Gasteiger partial charge on any atom is 0.255 e. The number of carbonyl (C=O) groups is 1. The zero-order valence-corrected chi connectivity index (χ0v) is 13.3. The van der Waals surface area contributed by atoms with Crippen molar-refractivity contribution in [1.82, 2.24) is 9.47 Å². The van der Waals surface area contributed by atoms with Gasteiger partial charge in [0.25, 0.3) is 5.91 Å². The molecule has 1 atom stereocenters. The lowest BCUT2D eigenvalue weighted by Crippen LogP contribution is -2.29. The molecule has 1 aromatic carbocycles. The van der Waals surface area contributed by atoms with Crippen molar-refractivity contribution in [2.45, 2.75) is 26.4 Å². The molecule has 3 rings (SSSR count). The third kappa shape index (κ3) is 2.73. The Morgan fingerprint density at radius 3 is 2.57 bits per heavy atom. The molecule has 0 bridgehead atoms.